The predicted molar refractivity (Wildman–Crippen MR) is 157 cm³/mol. The van der Waals surface area contributed by atoms with Gasteiger partial charge >= 0.3 is 5.97 Å². The van der Waals surface area contributed by atoms with Gasteiger partial charge < -0.3 is 19.5 Å². The van der Waals surface area contributed by atoms with Crippen molar-refractivity contribution < 1.29 is 28.5 Å². The molecule has 1 aliphatic rings. The maximum atomic E-state index is 12.0. The standard InChI is InChI=1S/C29H43NO6S2/c1-6-8-15-29(16-9-7-2)19-30(22-13-11-10-12-14-22)23-17-25(37-5)24(18-26(23)38(33,34)21-29)36-20-28(3,32)27(31)35-4/h10-14,17-18,32-34H,6-9,15-16,19-21H2,1-5H3. The van der Waals surface area contributed by atoms with E-state index in [1.807, 2.05) is 30.5 Å². The largest absolute Gasteiger partial charge is 0.489 e. The first-order valence-electron chi connectivity index (χ1n) is 13.3. The molecule has 0 aliphatic carbocycles. The number of esters is 1. The average Bonchev–Trinajstić information content (AvgIpc) is 3.00. The number of hydrogen-bond donors (Lipinski definition) is 3. The monoisotopic (exact) mass is 565 g/mol. The number of benzene rings is 2. The zero-order chi connectivity index (χ0) is 28.0. The lowest BCUT2D eigenvalue weighted by Gasteiger charge is -2.42. The first-order valence-corrected chi connectivity index (χ1v) is 16.2. The number of nitrogens with zero attached hydrogens (tertiary/aromatic N) is 1. The maximum absolute atomic E-state index is 12.0. The molecule has 9 heteroatoms. The minimum atomic E-state index is -3.20. The van der Waals surface area contributed by atoms with E-state index in [-0.39, 0.29) is 17.8 Å². The van der Waals surface area contributed by atoms with Gasteiger partial charge in [-0.3, -0.25) is 9.11 Å². The second kappa shape index (κ2) is 13.0. The van der Waals surface area contributed by atoms with Crippen LogP contribution in [0.25, 0.3) is 0 Å². The summed E-state index contributed by atoms with van der Waals surface area (Å²) in [5.41, 5.74) is -0.361. The molecule has 3 N–H and O–H groups in total. The fraction of sp³-hybridized carbons (Fsp3) is 0.552. The number of unbranched alkanes of at least 4 members (excludes halogenated alkanes) is 2. The van der Waals surface area contributed by atoms with Crippen molar-refractivity contribution in [1.82, 2.24) is 0 Å². The van der Waals surface area contributed by atoms with Gasteiger partial charge in [-0.05, 0) is 44.2 Å². The van der Waals surface area contributed by atoms with Crippen molar-refractivity contribution in [2.75, 3.05) is 37.2 Å². The van der Waals surface area contributed by atoms with Crippen LogP contribution in [-0.2, 0) is 9.53 Å². The molecular weight excluding hydrogens is 522 g/mol. The highest BCUT2D eigenvalue weighted by Gasteiger charge is 2.43. The van der Waals surface area contributed by atoms with Crippen LogP contribution in [0.5, 0.6) is 5.75 Å². The van der Waals surface area contributed by atoms with Gasteiger partial charge in [0.15, 0.2) is 5.60 Å². The van der Waals surface area contributed by atoms with E-state index in [0.717, 1.165) is 54.8 Å². The highest BCUT2D eigenvalue weighted by molar-refractivity contribution is 8.24. The molecule has 2 aromatic carbocycles. The third kappa shape index (κ3) is 6.99. The molecule has 2 aromatic rings. The van der Waals surface area contributed by atoms with Crippen LogP contribution in [0.4, 0.5) is 11.4 Å². The minimum Gasteiger partial charge on any atom is -0.489 e. The van der Waals surface area contributed by atoms with Gasteiger partial charge in [-0.15, -0.1) is 11.8 Å². The molecule has 0 spiro atoms. The van der Waals surface area contributed by atoms with Crippen molar-refractivity contribution >= 4 is 39.7 Å². The van der Waals surface area contributed by atoms with Crippen molar-refractivity contribution in [3.8, 4) is 5.75 Å². The van der Waals surface area contributed by atoms with E-state index in [1.165, 1.54) is 25.8 Å². The molecule has 1 heterocycles. The Labute approximate surface area is 233 Å². The summed E-state index contributed by atoms with van der Waals surface area (Å²) in [7, 11) is -1.98. The number of anilines is 2. The first kappa shape index (κ1) is 30.6. The van der Waals surface area contributed by atoms with Crippen molar-refractivity contribution in [1.29, 1.82) is 0 Å². The third-order valence-electron chi connectivity index (χ3n) is 7.21. The molecule has 0 fully saturated rings. The summed E-state index contributed by atoms with van der Waals surface area (Å²) in [4.78, 5) is 15.4. The van der Waals surface area contributed by atoms with E-state index in [2.05, 4.69) is 30.9 Å². The molecule has 0 amide bonds. The summed E-state index contributed by atoms with van der Waals surface area (Å²) >= 11 is 1.46. The Morgan fingerprint density at radius 3 is 2.32 bits per heavy atom. The molecular formula is C29H43NO6S2. The van der Waals surface area contributed by atoms with Crippen LogP contribution in [0.1, 0.15) is 59.3 Å². The number of thioether (sulfide) groups is 1. The van der Waals surface area contributed by atoms with Crippen LogP contribution in [-0.4, -0.2) is 58.1 Å². The van der Waals surface area contributed by atoms with Crippen molar-refractivity contribution in [2.45, 2.75) is 74.7 Å². The molecule has 0 saturated heterocycles. The van der Waals surface area contributed by atoms with Crippen LogP contribution in [0.3, 0.4) is 0 Å². The predicted octanol–water partition coefficient (Wildman–Crippen LogP) is 7.34. The number of ether oxygens (including phenoxy) is 2. The van der Waals surface area contributed by atoms with E-state index >= 15 is 0 Å². The lowest BCUT2D eigenvalue weighted by atomic mass is 9.79. The number of aliphatic hydroxyl groups is 1. The highest BCUT2D eigenvalue weighted by atomic mass is 32.3. The normalized spacial score (nSPS) is 18.6. The topological polar surface area (TPSA) is 99.5 Å². The molecule has 1 atom stereocenters. The van der Waals surface area contributed by atoms with Crippen molar-refractivity contribution in [3.63, 3.8) is 0 Å². The summed E-state index contributed by atoms with van der Waals surface area (Å²) in [5.74, 6) is -0.119. The van der Waals surface area contributed by atoms with Crippen LogP contribution in [0, 0.1) is 5.41 Å². The molecule has 1 unspecified atom stereocenters. The van der Waals surface area contributed by atoms with Crippen LogP contribution in [0.15, 0.2) is 52.3 Å². The van der Waals surface area contributed by atoms with Gasteiger partial charge in [-0.25, -0.2) is 4.79 Å². The van der Waals surface area contributed by atoms with E-state index in [1.54, 1.807) is 6.07 Å². The summed E-state index contributed by atoms with van der Waals surface area (Å²) in [6.45, 7) is 6.03. The Bertz CT molecular complexity index is 1070. The summed E-state index contributed by atoms with van der Waals surface area (Å²) < 4.78 is 34.2. The second-order valence-electron chi connectivity index (χ2n) is 10.5. The zero-order valence-corrected chi connectivity index (χ0v) is 24.9. The highest BCUT2D eigenvalue weighted by Crippen LogP contribution is 2.62. The Morgan fingerprint density at radius 2 is 1.76 bits per heavy atom. The van der Waals surface area contributed by atoms with Crippen molar-refractivity contribution in [2.24, 2.45) is 5.41 Å². The van der Waals surface area contributed by atoms with Gasteiger partial charge in [0.25, 0.3) is 0 Å². The lowest BCUT2D eigenvalue weighted by molar-refractivity contribution is -0.163. The molecule has 1 aliphatic heterocycles. The Hall–Kier alpha value is -1.91. The number of methoxy groups -OCH3 is 1. The number of carbonyl (C=O) groups is 1. The number of hydrogen-bond acceptors (Lipinski definition) is 8. The van der Waals surface area contributed by atoms with Gasteiger partial charge in [0.1, 0.15) is 12.4 Å². The fourth-order valence-electron chi connectivity index (χ4n) is 5.11. The van der Waals surface area contributed by atoms with E-state index in [0.29, 0.717) is 17.2 Å². The van der Waals surface area contributed by atoms with E-state index in [4.69, 9.17) is 9.47 Å². The van der Waals surface area contributed by atoms with Gasteiger partial charge in [-0.1, -0.05) is 57.7 Å². The van der Waals surface area contributed by atoms with Crippen LogP contribution < -0.4 is 9.64 Å². The number of fused-ring (bicyclic) bond motifs is 1. The van der Waals surface area contributed by atoms with Gasteiger partial charge in [0, 0.05) is 29.5 Å². The quantitative estimate of drug-likeness (QED) is 0.182. The fourth-order valence-corrected chi connectivity index (χ4v) is 7.85. The number of carbonyl (C=O) groups excluding carboxylic acids is 1. The summed E-state index contributed by atoms with van der Waals surface area (Å²) in [6, 6.07) is 13.7. The smallest absolute Gasteiger partial charge is 0.341 e. The maximum Gasteiger partial charge on any atom is 0.341 e. The van der Waals surface area contributed by atoms with E-state index in [9.17, 15) is 19.0 Å². The van der Waals surface area contributed by atoms with E-state index < -0.39 is 22.2 Å². The second-order valence-corrected chi connectivity index (χ2v) is 13.4. The Kier molecular flexibility index (Phi) is 10.4. The first-order chi connectivity index (χ1) is 18.0. The number of rotatable bonds is 12. The van der Waals surface area contributed by atoms with Gasteiger partial charge in [0.2, 0.25) is 0 Å². The minimum absolute atomic E-state index is 0.269. The molecule has 0 saturated carbocycles. The molecule has 0 bridgehead atoms. The molecule has 3 rings (SSSR count). The molecule has 7 nitrogen and oxygen atoms in total. The Balaban J connectivity index is 2.16. The Morgan fingerprint density at radius 1 is 1.13 bits per heavy atom. The van der Waals surface area contributed by atoms with Crippen molar-refractivity contribution in [3.05, 3.63) is 42.5 Å². The lowest BCUT2D eigenvalue weighted by Crippen LogP contribution is -2.42. The average molecular weight is 566 g/mol. The third-order valence-corrected chi connectivity index (χ3v) is 10.0. The summed E-state index contributed by atoms with van der Waals surface area (Å²) in [5, 5.41) is 10.5. The van der Waals surface area contributed by atoms with Crippen LogP contribution in [0.2, 0.25) is 0 Å². The molecule has 38 heavy (non-hydrogen) atoms. The van der Waals surface area contributed by atoms with Crippen LogP contribution >= 0.6 is 22.4 Å². The number of para-hydroxylation sites is 1. The molecule has 212 valence electrons. The molecule has 0 radical (unpaired) electrons. The zero-order valence-electron chi connectivity index (χ0n) is 23.2. The van der Waals surface area contributed by atoms with Gasteiger partial charge in [-0.2, -0.15) is 10.6 Å². The summed E-state index contributed by atoms with van der Waals surface area (Å²) in [6.07, 6.45) is 7.87. The molecule has 0 aromatic heterocycles. The SMILES string of the molecule is CCCCC1(CCCC)CN(c2ccccc2)c2cc(SC)c(OCC(C)(O)C(=O)OC)cc2S(O)(O)C1. The van der Waals surface area contributed by atoms with Gasteiger partial charge in [0.05, 0.1) is 22.6 Å².